The van der Waals surface area contributed by atoms with Gasteiger partial charge in [0, 0.05) is 31.7 Å². The van der Waals surface area contributed by atoms with Gasteiger partial charge in [0.15, 0.2) is 6.61 Å². The smallest absolute Gasteiger partial charge is 0.348 e. The molecule has 0 atom stereocenters. The van der Waals surface area contributed by atoms with E-state index in [1.165, 1.54) is 31.5 Å². The number of nitrogens with zero attached hydrogens (tertiary/aromatic N) is 3. The summed E-state index contributed by atoms with van der Waals surface area (Å²) in [5, 5.41) is 7.99. The van der Waals surface area contributed by atoms with E-state index in [4.69, 9.17) is 4.74 Å². The van der Waals surface area contributed by atoms with Gasteiger partial charge in [0.25, 0.3) is 5.91 Å². The normalized spacial score (nSPS) is 12.0. The molecule has 0 aliphatic carbocycles. The Morgan fingerprint density at radius 3 is 2.55 bits per heavy atom. The Bertz CT molecular complexity index is 1310. The van der Waals surface area contributed by atoms with Crippen molar-refractivity contribution >= 4 is 49.1 Å². The van der Waals surface area contributed by atoms with Crippen LogP contribution in [0.15, 0.2) is 29.2 Å². The molecule has 2 heterocycles. The predicted molar refractivity (Wildman–Crippen MR) is 128 cm³/mol. The third-order valence-electron chi connectivity index (χ3n) is 4.91. The molecule has 1 N–H and O–H groups in total. The molecule has 0 aliphatic heterocycles. The highest BCUT2D eigenvalue weighted by molar-refractivity contribution is 7.89. The van der Waals surface area contributed by atoms with E-state index in [1.807, 2.05) is 11.6 Å². The zero-order chi connectivity index (χ0) is 24.5. The van der Waals surface area contributed by atoms with Gasteiger partial charge >= 0.3 is 5.97 Å². The van der Waals surface area contributed by atoms with Crippen molar-refractivity contribution in [1.29, 1.82) is 0 Å². The fraction of sp³-hybridized carbons (Fsp3) is 0.409. The van der Waals surface area contributed by atoms with E-state index in [0.29, 0.717) is 22.0 Å². The first-order valence-electron chi connectivity index (χ1n) is 10.4. The van der Waals surface area contributed by atoms with Crippen molar-refractivity contribution in [3.05, 3.63) is 40.4 Å². The molecule has 0 saturated heterocycles. The van der Waals surface area contributed by atoms with Crippen LogP contribution in [0.3, 0.4) is 0 Å². The summed E-state index contributed by atoms with van der Waals surface area (Å²) in [6, 6.07) is 6.33. The number of sulfonamides is 1. The van der Waals surface area contributed by atoms with Crippen LogP contribution in [0.2, 0.25) is 0 Å². The SMILES string of the molecule is Cc1ccc(NC(=O)COC(=O)c2cc3c(C)nn(CC(C)C)c3s2)cc1S(=O)(=O)N(C)C. The lowest BCUT2D eigenvalue weighted by Gasteiger charge is -2.15. The average molecular weight is 493 g/mol. The van der Waals surface area contributed by atoms with E-state index in [2.05, 4.69) is 24.3 Å². The number of nitrogens with one attached hydrogen (secondary N) is 1. The highest BCUT2D eigenvalue weighted by atomic mass is 32.2. The third-order valence-corrected chi connectivity index (χ3v) is 8.00. The summed E-state index contributed by atoms with van der Waals surface area (Å²) in [5.74, 6) is -0.756. The number of aromatic nitrogens is 2. The number of benzene rings is 1. The standard InChI is InChI=1S/C22H28N4O5S2/c1-13(2)11-26-21-17(15(4)24-26)10-18(32-21)22(28)31-12-20(27)23-16-8-7-14(3)19(9-16)33(29,30)25(5)6/h7-10,13H,11-12H2,1-6H3,(H,23,27). The minimum atomic E-state index is -3.66. The molecule has 0 spiro atoms. The van der Waals surface area contributed by atoms with Crippen molar-refractivity contribution in [2.24, 2.45) is 5.92 Å². The highest BCUT2D eigenvalue weighted by Gasteiger charge is 2.21. The number of thiophene rings is 1. The number of carbonyl (C=O) groups is 2. The second-order valence-electron chi connectivity index (χ2n) is 8.38. The molecule has 0 aliphatic rings. The number of hydrogen-bond acceptors (Lipinski definition) is 7. The number of hydrogen-bond donors (Lipinski definition) is 1. The molecular weight excluding hydrogens is 464 g/mol. The fourth-order valence-corrected chi connectivity index (χ4v) is 5.44. The molecule has 11 heteroatoms. The quantitative estimate of drug-likeness (QED) is 0.483. The second kappa shape index (κ2) is 9.62. The summed E-state index contributed by atoms with van der Waals surface area (Å²) < 4.78 is 33.1. The molecular formula is C22H28N4O5S2. The zero-order valence-electron chi connectivity index (χ0n) is 19.5. The number of esters is 1. The van der Waals surface area contributed by atoms with Gasteiger partial charge in [-0.3, -0.25) is 9.48 Å². The minimum absolute atomic E-state index is 0.0957. The van der Waals surface area contributed by atoms with Crippen molar-refractivity contribution in [2.75, 3.05) is 26.0 Å². The number of amides is 1. The van der Waals surface area contributed by atoms with Gasteiger partial charge < -0.3 is 10.1 Å². The average Bonchev–Trinajstić information content (AvgIpc) is 3.28. The molecule has 0 bridgehead atoms. The largest absolute Gasteiger partial charge is 0.451 e. The molecule has 33 heavy (non-hydrogen) atoms. The van der Waals surface area contributed by atoms with Gasteiger partial charge in [0.1, 0.15) is 9.71 Å². The Kier molecular flexibility index (Phi) is 7.25. The predicted octanol–water partition coefficient (Wildman–Crippen LogP) is 3.42. The van der Waals surface area contributed by atoms with Gasteiger partial charge in [-0.1, -0.05) is 19.9 Å². The van der Waals surface area contributed by atoms with Crippen molar-refractivity contribution in [3.63, 3.8) is 0 Å². The van der Waals surface area contributed by atoms with Gasteiger partial charge in [-0.05, 0) is 43.5 Å². The maximum atomic E-state index is 12.5. The summed E-state index contributed by atoms with van der Waals surface area (Å²) in [4.78, 5) is 26.2. The maximum absolute atomic E-state index is 12.5. The Balaban J connectivity index is 1.67. The molecule has 9 nitrogen and oxygen atoms in total. The number of aryl methyl sites for hydroxylation is 2. The highest BCUT2D eigenvalue weighted by Crippen LogP contribution is 2.29. The zero-order valence-corrected chi connectivity index (χ0v) is 21.1. The van der Waals surface area contributed by atoms with E-state index in [0.717, 1.165) is 26.8 Å². The first kappa shape index (κ1) is 24.9. The van der Waals surface area contributed by atoms with E-state index in [-0.39, 0.29) is 4.90 Å². The van der Waals surface area contributed by atoms with Gasteiger partial charge in [0.2, 0.25) is 10.0 Å². The molecule has 1 amide bonds. The monoisotopic (exact) mass is 492 g/mol. The van der Waals surface area contributed by atoms with Crippen LogP contribution >= 0.6 is 11.3 Å². The number of anilines is 1. The van der Waals surface area contributed by atoms with Crippen LogP contribution in [0.4, 0.5) is 5.69 Å². The molecule has 0 unspecified atom stereocenters. The molecule has 0 fully saturated rings. The fourth-order valence-electron chi connectivity index (χ4n) is 3.23. The third kappa shape index (κ3) is 5.43. The van der Waals surface area contributed by atoms with E-state index < -0.39 is 28.5 Å². The van der Waals surface area contributed by atoms with Crippen LogP contribution < -0.4 is 5.32 Å². The summed E-state index contributed by atoms with van der Waals surface area (Å²) >= 11 is 1.28. The number of rotatable bonds is 8. The number of ether oxygens (including phenoxy) is 1. The van der Waals surface area contributed by atoms with E-state index in [1.54, 1.807) is 25.1 Å². The van der Waals surface area contributed by atoms with E-state index >= 15 is 0 Å². The summed E-state index contributed by atoms with van der Waals surface area (Å²) in [6.07, 6.45) is 0. The number of carbonyl (C=O) groups excluding carboxylic acids is 2. The Hall–Kier alpha value is -2.76. The summed E-state index contributed by atoms with van der Waals surface area (Å²) in [6.45, 7) is 8.00. The van der Waals surface area contributed by atoms with Crippen molar-refractivity contribution in [2.45, 2.75) is 39.1 Å². The topological polar surface area (TPSA) is 111 Å². The Morgan fingerprint density at radius 1 is 1.21 bits per heavy atom. The van der Waals surface area contributed by atoms with E-state index in [9.17, 15) is 18.0 Å². The Labute approximate surface area is 197 Å². The second-order valence-corrected chi connectivity index (χ2v) is 11.5. The van der Waals surface area contributed by atoms with Gasteiger partial charge in [-0.25, -0.2) is 17.5 Å². The molecule has 2 aromatic heterocycles. The molecule has 3 rings (SSSR count). The van der Waals surface area contributed by atoms with Crippen molar-refractivity contribution in [3.8, 4) is 0 Å². The van der Waals surface area contributed by atoms with Crippen LogP contribution in [-0.2, 0) is 26.1 Å². The van der Waals surface area contributed by atoms with Crippen LogP contribution in [0.1, 0.15) is 34.8 Å². The van der Waals surface area contributed by atoms with Crippen LogP contribution in [-0.4, -0.2) is 55.1 Å². The van der Waals surface area contributed by atoms with Crippen molar-refractivity contribution in [1.82, 2.24) is 14.1 Å². The summed E-state index contributed by atoms with van der Waals surface area (Å²) in [7, 11) is -0.779. The lowest BCUT2D eigenvalue weighted by atomic mass is 10.2. The first-order valence-corrected chi connectivity index (χ1v) is 12.6. The Morgan fingerprint density at radius 2 is 1.91 bits per heavy atom. The lowest BCUT2D eigenvalue weighted by Crippen LogP contribution is -2.24. The number of fused-ring (bicyclic) bond motifs is 1. The molecule has 178 valence electrons. The lowest BCUT2D eigenvalue weighted by molar-refractivity contribution is -0.119. The van der Waals surface area contributed by atoms with Gasteiger partial charge in [0.05, 0.1) is 10.6 Å². The van der Waals surface area contributed by atoms with Crippen LogP contribution in [0.25, 0.3) is 10.2 Å². The molecule has 0 radical (unpaired) electrons. The van der Waals surface area contributed by atoms with Gasteiger partial charge in [-0.15, -0.1) is 11.3 Å². The van der Waals surface area contributed by atoms with Crippen LogP contribution in [0.5, 0.6) is 0 Å². The molecule has 0 saturated carbocycles. The van der Waals surface area contributed by atoms with Gasteiger partial charge in [-0.2, -0.15) is 5.10 Å². The van der Waals surface area contributed by atoms with Crippen LogP contribution in [0, 0.1) is 19.8 Å². The molecule has 1 aromatic carbocycles. The minimum Gasteiger partial charge on any atom is -0.451 e. The summed E-state index contributed by atoms with van der Waals surface area (Å²) in [5.41, 5.74) is 1.69. The first-order chi connectivity index (χ1) is 15.4. The maximum Gasteiger partial charge on any atom is 0.348 e. The van der Waals surface area contributed by atoms with Crippen molar-refractivity contribution < 1.29 is 22.7 Å². The molecule has 3 aromatic rings.